The molecule has 0 radical (unpaired) electrons. The van der Waals surface area contributed by atoms with Crippen LogP contribution in [0.1, 0.15) is 39.5 Å². The standard InChI is InChI=1S/C13H28N2/c1-4-6-13(7-5-2)12-15-10-8-14(3)9-11-15/h13H,4-12H2,1-3H3. The van der Waals surface area contributed by atoms with Crippen molar-refractivity contribution < 1.29 is 0 Å². The van der Waals surface area contributed by atoms with E-state index in [1.54, 1.807) is 0 Å². The van der Waals surface area contributed by atoms with Gasteiger partial charge in [0, 0.05) is 32.7 Å². The highest BCUT2D eigenvalue weighted by atomic mass is 15.2. The van der Waals surface area contributed by atoms with Crippen molar-refractivity contribution >= 4 is 0 Å². The molecule has 2 nitrogen and oxygen atoms in total. The van der Waals surface area contributed by atoms with Gasteiger partial charge in [0.05, 0.1) is 0 Å². The normalized spacial score (nSPS) is 20.0. The molecular formula is C13H28N2. The SMILES string of the molecule is CCCC(CCC)CN1CCN(C)CC1. The highest BCUT2D eigenvalue weighted by molar-refractivity contribution is 4.72. The predicted molar refractivity (Wildman–Crippen MR) is 67.2 cm³/mol. The van der Waals surface area contributed by atoms with Gasteiger partial charge in [-0.15, -0.1) is 0 Å². The monoisotopic (exact) mass is 212 g/mol. The van der Waals surface area contributed by atoms with E-state index < -0.39 is 0 Å². The quantitative estimate of drug-likeness (QED) is 0.667. The van der Waals surface area contributed by atoms with Gasteiger partial charge < -0.3 is 9.80 Å². The van der Waals surface area contributed by atoms with Gasteiger partial charge in [-0.3, -0.25) is 0 Å². The first-order valence-electron chi connectivity index (χ1n) is 6.67. The Labute approximate surface area is 95.6 Å². The van der Waals surface area contributed by atoms with E-state index in [0.717, 1.165) is 5.92 Å². The van der Waals surface area contributed by atoms with Crippen molar-refractivity contribution in [1.82, 2.24) is 9.80 Å². The second-order valence-electron chi connectivity index (χ2n) is 5.05. The Balaban J connectivity index is 2.24. The minimum Gasteiger partial charge on any atom is -0.304 e. The van der Waals surface area contributed by atoms with Crippen molar-refractivity contribution in [2.75, 3.05) is 39.8 Å². The molecular weight excluding hydrogens is 184 g/mol. The zero-order chi connectivity index (χ0) is 11.1. The summed E-state index contributed by atoms with van der Waals surface area (Å²) in [5.74, 6) is 0.948. The fraction of sp³-hybridized carbons (Fsp3) is 1.00. The van der Waals surface area contributed by atoms with Gasteiger partial charge in [0.1, 0.15) is 0 Å². The summed E-state index contributed by atoms with van der Waals surface area (Å²) in [5, 5.41) is 0. The van der Waals surface area contributed by atoms with E-state index in [4.69, 9.17) is 0 Å². The van der Waals surface area contributed by atoms with Crippen LogP contribution in [0.25, 0.3) is 0 Å². The molecule has 0 aromatic carbocycles. The van der Waals surface area contributed by atoms with Gasteiger partial charge in [-0.05, 0) is 25.8 Å². The maximum Gasteiger partial charge on any atom is 0.0110 e. The van der Waals surface area contributed by atoms with Crippen LogP contribution in [0.2, 0.25) is 0 Å². The Hall–Kier alpha value is -0.0800. The van der Waals surface area contributed by atoms with Crippen LogP contribution in [0.3, 0.4) is 0 Å². The first-order chi connectivity index (χ1) is 7.26. The summed E-state index contributed by atoms with van der Waals surface area (Å²) in [6.45, 7) is 11.0. The zero-order valence-electron chi connectivity index (χ0n) is 10.8. The van der Waals surface area contributed by atoms with Crippen LogP contribution in [0, 0.1) is 5.92 Å². The number of rotatable bonds is 6. The van der Waals surface area contributed by atoms with Crippen LogP contribution in [-0.2, 0) is 0 Å². The molecule has 90 valence electrons. The van der Waals surface area contributed by atoms with E-state index in [-0.39, 0.29) is 0 Å². The van der Waals surface area contributed by atoms with Crippen molar-refractivity contribution in [3.05, 3.63) is 0 Å². The second kappa shape index (κ2) is 7.24. The number of hydrogen-bond acceptors (Lipinski definition) is 2. The van der Waals surface area contributed by atoms with E-state index in [0.29, 0.717) is 0 Å². The van der Waals surface area contributed by atoms with Gasteiger partial charge in [0.2, 0.25) is 0 Å². The molecule has 1 aliphatic rings. The molecule has 0 N–H and O–H groups in total. The highest BCUT2D eigenvalue weighted by Gasteiger charge is 2.17. The fourth-order valence-electron chi connectivity index (χ4n) is 2.54. The summed E-state index contributed by atoms with van der Waals surface area (Å²) in [5.41, 5.74) is 0. The minimum atomic E-state index is 0.948. The Kier molecular flexibility index (Phi) is 6.26. The Morgan fingerprint density at radius 2 is 1.47 bits per heavy atom. The first-order valence-corrected chi connectivity index (χ1v) is 6.67. The number of hydrogen-bond donors (Lipinski definition) is 0. The molecule has 2 heteroatoms. The molecule has 1 fully saturated rings. The first kappa shape index (κ1) is 13.0. The van der Waals surface area contributed by atoms with Gasteiger partial charge in [-0.2, -0.15) is 0 Å². The van der Waals surface area contributed by atoms with Crippen molar-refractivity contribution in [1.29, 1.82) is 0 Å². The third-order valence-electron chi connectivity index (χ3n) is 3.51. The molecule has 1 rings (SSSR count). The summed E-state index contributed by atoms with van der Waals surface area (Å²) < 4.78 is 0. The lowest BCUT2D eigenvalue weighted by Gasteiger charge is -2.34. The van der Waals surface area contributed by atoms with Gasteiger partial charge >= 0.3 is 0 Å². The van der Waals surface area contributed by atoms with E-state index in [1.165, 1.54) is 58.4 Å². The summed E-state index contributed by atoms with van der Waals surface area (Å²) >= 11 is 0. The molecule has 0 unspecified atom stereocenters. The number of nitrogens with zero attached hydrogens (tertiary/aromatic N) is 2. The Bertz CT molecular complexity index is 145. The summed E-state index contributed by atoms with van der Waals surface area (Å²) in [6, 6.07) is 0. The van der Waals surface area contributed by atoms with Crippen molar-refractivity contribution in [3.63, 3.8) is 0 Å². The summed E-state index contributed by atoms with van der Waals surface area (Å²) in [6.07, 6.45) is 5.52. The predicted octanol–water partition coefficient (Wildman–Crippen LogP) is 2.45. The molecule has 0 saturated carbocycles. The third kappa shape index (κ3) is 4.98. The third-order valence-corrected chi connectivity index (χ3v) is 3.51. The molecule has 0 amide bonds. The lowest BCUT2D eigenvalue weighted by molar-refractivity contribution is 0.131. The molecule has 0 aliphatic carbocycles. The topological polar surface area (TPSA) is 6.48 Å². The molecule has 0 bridgehead atoms. The molecule has 1 heterocycles. The van der Waals surface area contributed by atoms with Crippen molar-refractivity contribution in [2.24, 2.45) is 5.92 Å². The van der Waals surface area contributed by atoms with Crippen LogP contribution in [-0.4, -0.2) is 49.6 Å². The van der Waals surface area contributed by atoms with Gasteiger partial charge in [0.25, 0.3) is 0 Å². The van der Waals surface area contributed by atoms with E-state index in [9.17, 15) is 0 Å². The average Bonchev–Trinajstić information content (AvgIpc) is 2.22. The van der Waals surface area contributed by atoms with Crippen molar-refractivity contribution in [2.45, 2.75) is 39.5 Å². The molecule has 0 atom stereocenters. The Morgan fingerprint density at radius 1 is 0.933 bits per heavy atom. The lowest BCUT2D eigenvalue weighted by atomic mass is 9.97. The zero-order valence-corrected chi connectivity index (χ0v) is 10.8. The van der Waals surface area contributed by atoms with E-state index in [2.05, 4.69) is 30.7 Å². The Morgan fingerprint density at radius 3 is 1.93 bits per heavy atom. The molecule has 0 aromatic heterocycles. The maximum atomic E-state index is 2.66. The highest BCUT2D eigenvalue weighted by Crippen LogP contribution is 2.15. The van der Waals surface area contributed by atoms with Gasteiger partial charge in [-0.1, -0.05) is 26.7 Å². The smallest absolute Gasteiger partial charge is 0.0110 e. The van der Waals surface area contributed by atoms with Crippen LogP contribution in [0.5, 0.6) is 0 Å². The van der Waals surface area contributed by atoms with Crippen LogP contribution >= 0.6 is 0 Å². The van der Waals surface area contributed by atoms with Crippen LogP contribution < -0.4 is 0 Å². The molecule has 1 saturated heterocycles. The summed E-state index contributed by atoms with van der Waals surface area (Å²) in [4.78, 5) is 5.10. The van der Waals surface area contributed by atoms with E-state index >= 15 is 0 Å². The molecule has 15 heavy (non-hydrogen) atoms. The number of piperazine rings is 1. The molecule has 1 aliphatic heterocycles. The van der Waals surface area contributed by atoms with Crippen LogP contribution in [0.4, 0.5) is 0 Å². The second-order valence-corrected chi connectivity index (χ2v) is 5.05. The molecule has 0 spiro atoms. The van der Waals surface area contributed by atoms with Crippen molar-refractivity contribution in [3.8, 4) is 0 Å². The van der Waals surface area contributed by atoms with E-state index in [1.807, 2.05) is 0 Å². The molecule has 0 aromatic rings. The average molecular weight is 212 g/mol. The fourth-order valence-corrected chi connectivity index (χ4v) is 2.54. The van der Waals surface area contributed by atoms with Crippen LogP contribution in [0.15, 0.2) is 0 Å². The minimum absolute atomic E-state index is 0.948. The maximum absolute atomic E-state index is 2.66. The van der Waals surface area contributed by atoms with Gasteiger partial charge in [0.15, 0.2) is 0 Å². The lowest BCUT2D eigenvalue weighted by Crippen LogP contribution is -2.46. The number of likely N-dealkylation sites (N-methyl/N-ethyl adjacent to an activating group) is 1. The van der Waals surface area contributed by atoms with Gasteiger partial charge in [-0.25, -0.2) is 0 Å². The summed E-state index contributed by atoms with van der Waals surface area (Å²) in [7, 11) is 2.23. The largest absolute Gasteiger partial charge is 0.304 e.